The SMILES string of the molecule is CN1N=C2CCN(C(=O)[C@@H](COc3ccc(F)c(F)c3)NC(=O)C(C)(C)NC(=O)OC(C)(C)C)C[C@@]2(Cc2ccccc2)C1=O. The Labute approximate surface area is 260 Å². The summed E-state index contributed by atoms with van der Waals surface area (Å²) in [6, 6.07) is 11.0. The summed E-state index contributed by atoms with van der Waals surface area (Å²) in [4.78, 5) is 55.0. The monoisotopic (exact) mass is 627 g/mol. The Kier molecular flexibility index (Phi) is 9.50. The van der Waals surface area contributed by atoms with Crippen LogP contribution in [0.2, 0.25) is 0 Å². The van der Waals surface area contributed by atoms with Crippen LogP contribution in [0.5, 0.6) is 5.75 Å². The second-order valence-electron chi connectivity index (χ2n) is 12.8. The summed E-state index contributed by atoms with van der Waals surface area (Å²) in [6.45, 7) is 7.68. The van der Waals surface area contributed by atoms with E-state index in [-0.39, 0.29) is 24.7 Å². The Morgan fingerprint density at radius 3 is 2.38 bits per heavy atom. The zero-order chi connectivity index (χ0) is 33.2. The molecule has 0 unspecified atom stereocenters. The van der Waals surface area contributed by atoms with Gasteiger partial charge < -0.3 is 25.0 Å². The number of halogens is 2. The normalized spacial score (nSPS) is 18.9. The molecule has 2 heterocycles. The predicted octanol–water partition coefficient (Wildman–Crippen LogP) is 3.42. The summed E-state index contributed by atoms with van der Waals surface area (Å²) in [6.07, 6.45) is -0.196. The lowest BCUT2D eigenvalue weighted by molar-refractivity contribution is -0.143. The maximum absolute atomic E-state index is 14.1. The Balaban J connectivity index is 1.58. The molecule has 2 aliphatic rings. The molecule has 1 fully saturated rings. The second kappa shape index (κ2) is 12.8. The molecule has 11 nitrogen and oxygen atoms in total. The molecule has 4 rings (SSSR count). The van der Waals surface area contributed by atoms with Gasteiger partial charge >= 0.3 is 6.09 Å². The minimum absolute atomic E-state index is 0.000166. The number of carbonyl (C=O) groups excluding carboxylic acids is 4. The van der Waals surface area contributed by atoms with Gasteiger partial charge in [-0.3, -0.25) is 14.4 Å². The highest BCUT2D eigenvalue weighted by Crippen LogP contribution is 2.38. The number of likely N-dealkylation sites (tertiary alicyclic amines) is 1. The van der Waals surface area contributed by atoms with Crippen molar-refractivity contribution in [2.45, 2.75) is 64.6 Å². The number of amides is 4. The van der Waals surface area contributed by atoms with Crippen molar-refractivity contribution in [3.8, 4) is 5.75 Å². The number of ether oxygens (including phenoxy) is 2. The van der Waals surface area contributed by atoms with Crippen molar-refractivity contribution in [2.75, 3.05) is 26.7 Å². The summed E-state index contributed by atoms with van der Waals surface area (Å²) >= 11 is 0. The molecule has 0 spiro atoms. The fraction of sp³-hybridized carbons (Fsp3) is 0.469. The average molecular weight is 628 g/mol. The second-order valence-corrected chi connectivity index (χ2v) is 12.8. The van der Waals surface area contributed by atoms with Gasteiger partial charge in [0.05, 0.1) is 5.71 Å². The number of piperidine rings is 1. The molecule has 2 aromatic rings. The number of alkyl carbamates (subject to hydrolysis) is 1. The highest BCUT2D eigenvalue weighted by molar-refractivity contribution is 6.13. The number of hydrogen-bond acceptors (Lipinski definition) is 7. The summed E-state index contributed by atoms with van der Waals surface area (Å²) < 4.78 is 38.3. The summed E-state index contributed by atoms with van der Waals surface area (Å²) in [7, 11) is 1.57. The lowest BCUT2D eigenvalue weighted by Gasteiger charge is -2.41. The van der Waals surface area contributed by atoms with Crippen molar-refractivity contribution in [1.82, 2.24) is 20.5 Å². The molecule has 2 N–H and O–H groups in total. The van der Waals surface area contributed by atoms with E-state index in [1.807, 2.05) is 30.3 Å². The first-order chi connectivity index (χ1) is 21.0. The largest absolute Gasteiger partial charge is 0.491 e. The zero-order valence-corrected chi connectivity index (χ0v) is 26.3. The van der Waals surface area contributed by atoms with Crippen molar-refractivity contribution in [2.24, 2.45) is 10.5 Å². The van der Waals surface area contributed by atoms with E-state index in [0.717, 1.165) is 17.7 Å². The van der Waals surface area contributed by atoms with Gasteiger partial charge in [-0.1, -0.05) is 30.3 Å². The molecular formula is C32H39F2N5O6. The van der Waals surface area contributed by atoms with Gasteiger partial charge in [0.2, 0.25) is 11.8 Å². The Hall–Kier alpha value is -4.55. The first-order valence-corrected chi connectivity index (χ1v) is 14.6. The number of nitrogens with one attached hydrogen (secondary N) is 2. The molecule has 45 heavy (non-hydrogen) atoms. The molecule has 1 saturated heterocycles. The Morgan fingerprint density at radius 1 is 1.04 bits per heavy atom. The number of nitrogens with zero attached hydrogens (tertiary/aromatic N) is 3. The predicted molar refractivity (Wildman–Crippen MR) is 161 cm³/mol. The van der Waals surface area contributed by atoms with Crippen LogP contribution < -0.4 is 15.4 Å². The van der Waals surface area contributed by atoms with E-state index in [1.165, 1.54) is 29.8 Å². The van der Waals surface area contributed by atoms with Crippen molar-refractivity contribution < 1.29 is 37.4 Å². The maximum Gasteiger partial charge on any atom is 0.408 e. The third-order valence-electron chi connectivity index (χ3n) is 7.56. The maximum atomic E-state index is 14.1. The van der Waals surface area contributed by atoms with Crippen molar-refractivity contribution in [1.29, 1.82) is 0 Å². The van der Waals surface area contributed by atoms with Crippen LogP contribution >= 0.6 is 0 Å². The number of benzene rings is 2. The van der Waals surface area contributed by atoms with Gasteiger partial charge in [0.1, 0.15) is 35.0 Å². The van der Waals surface area contributed by atoms with Gasteiger partial charge in [0, 0.05) is 32.6 Å². The lowest BCUT2D eigenvalue weighted by Crippen LogP contribution is -2.63. The minimum atomic E-state index is -1.52. The van der Waals surface area contributed by atoms with Crippen LogP contribution in [0, 0.1) is 17.0 Å². The van der Waals surface area contributed by atoms with Crippen LogP contribution in [-0.4, -0.2) is 83.4 Å². The fourth-order valence-electron chi connectivity index (χ4n) is 5.31. The molecular weight excluding hydrogens is 588 g/mol. The molecule has 4 amide bonds. The van der Waals surface area contributed by atoms with Crippen LogP contribution in [-0.2, 0) is 25.5 Å². The van der Waals surface area contributed by atoms with Crippen LogP contribution in [0.15, 0.2) is 53.6 Å². The molecule has 2 aromatic carbocycles. The molecule has 0 aromatic heterocycles. The van der Waals surface area contributed by atoms with Crippen molar-refractivity contribution in [3.05, 3.63) is 65.7 Å². The van der Waals surface area contributed by atoms with Gasteiger partial charge in [0.15, 0.2) is 11.6 Å². The molecule has 0 bridgehead atoms. The van der Waals surface area contributed by atoms with Gasteiger partial charge in [-0.05, 0) is 58.7 Å². The molecule has 242 valence electrons. The highest BCUT2D eigenvalue weighted by Gasteiger charge is 2.54. The lowest BCUT2D eigenvalue weighted by atomic mass is 9.73. The smallest absolute Gasteiger partial charge is 0.408 e. The minimum Gasteiger partial charge on any atom is -0.491 e. The average Bonchev–Trinajstić information content (AvgIpc) is 3.20. The van der Waals surface area contributed by atoms with Crippen LogP contribution in [0.25, 0.3) is 0 Å². The molecule has 2 atom stereocenters. The van der Waals surface area contributed by atoms with Gasteiger partial charge in [-0.15, -0.1) is 0 Å². The van der Waals surface area contributed by atoms with Crippen LogP contribution in [0.1, 0.15) is 46.6 Å². The van der Waals surface area contributed by atoms with Gasteiger partial charge in [0.25, 0.3) is 5.91 Å². The van der Waals surface area contributed by atoms with Crippen LogP contribution in [0.4, 0.5) is 13.6 Å². The number of rotatable bonds is 9. The Bertz CT molecular complexity index is 1490. The summed E-state index contributed by atoms with van der Waals surface area (Å²) in [5.41, 5.74) is -1.88. The van der Waals surface area contributed by atoms with Crippen LogP contribution in [0.3, 0.4) is 0 Å². The third kappa shape index (κ3) is 7.76. The quantitative estimate of drug-likeness (QED) is 0.439. The summed E-state index contributed by atoms with van der Waals surface area (Å²) in [5, 5.41) is 10.9. The number of fused-ring (bicyclic) bond motifs is 1. The Morgan fingerprint density at radius 2 is 1.73 bits per heavy atom. The zero-order valence-electron chi connectivity index (χ0n) is 26.3. The van der Waals surface area contributed by atoms with E-state index in [2.05, 4.69) is 15.7 Å². The van der Waals surface area contributed by atoms with Gasteiger partial charge in [-0.25, -0.2) is 18.6 Å². The first kappa shape index (κ1) is 33.3. The third-order valence-corrected chi connectivity index (χ3v) is 7.56. The molecule has 0 saturated carbocycles. The molecule has 0 radical (unpaired) electrons. The molecule has 13 heteroatoms. The number of hydrazone groups is 1. The number of carbonyl (C=O) groups is 4. The molecule has 2 aliphatic heterocycles. The van der Waals surface area contributed by atoms with E-state index in [1.54, 1.807) is 27.8 Å². The number of hydrogen-bond donors (Lipinski definition) is 2. The standard InChI is InChI=1S/C32H39F2N5O6/c1-30(2,3)45-29(43)36-31(4,5)27(41)35-24(18-44-21-12-13-22(33)23(34)16-21)26(40)39-15-14-25-32(19-39,28(42)38(6)37-25)17-20-10-8-7-9-11-20/h7-13,16,24H,14-15,17-19H2,1-6H3,(H,35,41)(H,36,43)/t24-,32-/m1/s1. The fourth-order valence-corrected chi connectivity index (χ4v) is 5.31. The van der Waals surface area contributed by atoms with E-state index in [9.17, 15) is 28.0 Å². The highest BCUT2D eigenvalue weighted by atomic mass is 19.2. The van der Waals surface area contributed by atoms with E-state index >= 15 is 0 Å². The van der Waals surface area contributed by atoms with E-state index in [4.69, 9.17) is 9.47 Å². The van der Waals surface area contributed by atoms with Crippen molar-refractivity contribution >= 4 is 29.5 Å². The molecule has 0 aliphatic carbocycles. The van der Waals surface area contributed by atoms with Gasteiger partial charge in [-0.2, -0.15) is 5.10 Å². The van der Waals surface area contributed by atoms with Crippen molar-refractivity contribution in [3.63, 3.8) is 0 Å². The summed E-state index contributed by atoms with van der Waals surface area (Å²) in [5.74, 6) is -3.81. The van der Waals surface area contributed by atoms with E-state index < -0.39 is 58.7 Å². The topological polar surface area (TPSA) is 130 Å². The van der Waals surface area contributed by atoms with E-state index in [0.29, 0.717) is 18.6 Å². The first-order valence-electron chi connectivity index (χ1n) is 14.6.